The summed E-state index contributed by atoms with van der Waals surface area (Å²) < 4.78 is 52.4. The van der Waals surface area contributed by atoms with Crippen LogP contribution < -0.4 is 14.8 Å². The van der Waals surface area contributed by atoms with E-state index in [1.807, 2.05) is 0 Å². The molecule has 16 heteroatoms. The topological polar surface area (TPSA) is 194 Å². The number of carbonyl (C=O) groups excluding carboxylic acids is 4. The fourth-order valence-electron chi connectivity index (χ4n) is 3.57. The summed E-state index contributed by atoms with van der Waals surface area (Å²) in [5.41, 5.74) is 5.00. The maximum atomic E-state index is 14.1. The predicted octanol–water partition coefficient (Wildman–Crippen LogP) is 2.82. The molecule has 0 spiro atoms. The highest BCUT2D eigenvalue weighted by molar-refractivity contribution is 7.49. The highest BCUT2D eigenvalue weighted by Gasteiger charge is 2.55. The van der Waals surface area contributed by atoms with Gasteiger partial charge in [-0.1, -0.05) is 36.4 Å². The zero-order chi connectivity index (χ0) is 30.0. The summed E-state index contributed by atoms with van der Waals surface area (Å²) >= 11 is 0. The summed E-state index contributed by atoms with van der Waals surface area (Å²) in [5, 5.41) is 0. The molecule has 5 atom stereocenters. The number of hydrogen-bond acceptors (Lipinski definition) is 14. The van der Waals surface area contributed by atoms with Crippen molar-refractivity contribution in [3.8, 4) is 11.5 Å². The monoisotopic (exact) mass is 597 g/mol. The molecule has 2 N–H and O–H groups in total. The summed E-state index contributed by atoms with van der Waals surface area (Å²) in [4.78, 5) is 56.4. The SMILES string of the molecule is CC(=O)OC[C@H]1O[C@H](OP(=O)(Oc2ccccc2)Oc2ccccc2)[C@@H](OC(C)=O)[C@@H](OC(C)=O)[C@@H]1OOC(N)=O. The average molecular weight is 597 g/mol. The van der Waals surface area contributed by atoms with Crippen LogP contribution in [0.5, 0.6) is 11.5 Å². The van der Waals surface area contributed by atoms with Crippen LogP contribution in [-0.2, 0) is 52.2 Å². The molecule has 0 saturated carbocycles. The minimum Gasteiger partial charge on any atom is -0.463 e. The summed E-state index contributed by atoms with van der Waals surface area (Å²) in [6.07, 6.45) is -9.59. The van der Waals surface area contributed by atoms with Crippen LogP contribution in [0.2, 0.25) is 0 Å². The van der Waals surface area contributed by atoms with Gasteiger partial charge in [-0.2, -0.15) is 4.89 Å². The van der Waals surface area contributed by atoms with E-state index in [2.05, 4.69) is 4.89 Å². The van der Waals surface area contributed by atoms with Gasteiger partial charge in [-0.25, -0.2) is 13.9 Å². The van der Waals surface area contributed by atoms with E-state index >= 15 is 0 Å². The summed E-state index contributed by atoms with van der Waals surface area (Å²) in [6.45, 7) is 2.59. The average Bonchev–Trinajstić information content (AvgIpc) is 2.89. The minimum atomic E-state index is -4.70. The molecule has 1 aliphatic heterocycles. The largest absolute Gasteiger partial charge is 0.590 e. The molecule has 0 bridgehead atoms. The Morgan fingerprint density at radius 2 is 1.29 bits per heavy atom. The highest BCUT2D eigenvalue weighted by atomic mass is 31.2. The van der Waals surface area contributed by atoms with Crippen molar-refractivity contribution in [3.63, 3.8) is 0 Å². The number of esters is 3. The lowest BCUT2D eigenvalue weighted by atomic mass is 9.98. The standard InChI is InChI=1S/C25H28NO14P/c1-15(27)32-14-20-21(36-37-25(26)30)22(33-16(2)28)23(34-17(3)29)24(35-20)40-41(31,38-18-10-6-4-7-11-18)39-19-12-8-5-9-13-19/h4-13,20-24H,14H2,1-3H3,(H2,26,30)/t20-,21-,22+,23+,24-/m1/s1. The van der Waals surface area contributed by atoms with Gasteiger partial charge in [0.05, 0.1) is 0 Å². The second kappa shape index (κ2) is 14.5. The maximum absolute atomic E-state index is 14.1. The Morgan fingerprint density at radius 3 is 1.76 bits per heavy atom. The number of phosphoric acid groups is 1. The number of nitrogens with two attached hydrogens (primary N) is 1. The zero-order valence-electron chi connectivity index (χ0n) is 22.1. The Hall–Kier alpha value is -4.17. The number of amides is 1. The molecule has 15 nitrogen and oxygen atoms in total. The van der Waals surface area contributed by atoms with Crippen LogP contribution >= 0.6 is 7.82 Å². The fourth-order valence-corrected chi connectivity index (χ4v) is 4.88. The van der Waals surface area contributed by atoms with Gasteiger partial charge in [0.1, 0.15) is 24.2 Å². The van der Waals surface area contributed by atoms with Crippen LogP contribution in [-0.4, -0.2) is 61.3 Å². The van der Waals surface area contributed by atoms with Crippen LogP contribution in [0.4, 0.5) is 4.79 Å². The smallest absolute Gasteiger partial charge is 0.463 e. The normalized spacial score (nSPS) is 22.1. The van der Waals surface area contributed by atoms with E-state index < -0.39 is 69.1 Å². The molecule has 0 aromatic heterocycles. The zero-order valence-corrected chi connectivity index (χ0v) is 23.0. The molecular formula is C25H28NO14P. The number of hydrogen-bond donors (Lipinski definition) is 1. The lowest BCUT2D eigenvalue weighted by Gasteiger charge is -2.43. The van der Waals surface area contributed by atoms with Gasteiger partial charge in [-0.15, -0.1) is 0 Å². The number of benzene rings is 2. The molecule has 0 unspecified atom stereocenters. The molecule has 3 rings (SSSR count). The third kappa shape index (κ3) is 9.76. The second-order valence-corrected chi connectivity index (χ2v) is 9.79. The van der Waals surface area contributed by atoms with Crippen LogP contribution in [0, 0.1) is 0 Å². The third-order valence-electron chi connectivity index (χ3n) is 5.04. The molecule has 0 radical (unpaired) electrons. The van der Waals surface area contributed by atoms with Crippen molar-refractivity contribution in [2.24, 2.45) is 5.73 Å². The van der Waals surface area contributed by atoms with Crippen molar-refractivity contribution in [1.29, 1.82) is 0 Å². The van der Waals surface area contributed by atoms with Crippen LogP contribution in [0.1, 0.15) is 20.8 Å². The van der Waals surface area contributed by atoms with Crippen molar-refractivity contribution in [1.82, 2.24) is 0 Å². The van der Waals surface area contributed by atoms with E-state index in [1.165, 1.54) is 24.3 Å². The number of ether oxygens (including phenoxy) is 4. The van der Waals surface area contributed by atoms with Crippen molar-refractivity contribution in [2.45, 2.75) is 51.5 Å². The highest BCUT2D eigenvalue weighted by Crippen LogP contribution is 2.52. The first-order valence-corrected chi connectivity index (χ1v) is 13.5. The quantitative estimate of drug-likeness (QED) is 0.123. The molecule has 1 amide bonds. The van der Waals surface area contributed by atoms with E-state index in [1.54, 1.807) is 36.4 Å². The van der Waals surface area contributed by atoms with E-state index in [9.17, 15) is 23.7 Å². The van der Waals surface area contributed by atoms with E-state index in [0.29, 0.717) is 0 Å². The molecule has 2 aromatic carbocycles. The van der Waals surface area contributed by atoms with Crippen LogP contribution in [0.25, 0.3) is 0 Å². The summed E-state index contributed by atoms with van der Waals surface area (Å²) in [6, 6.07) is 15.7. The Morgan fingerprint density at radius 1 is 0.780 bits per heavy atom. The van der Waals surface area contributed by atoms with Gasteiger partial charge in [0, 0.05) is 20.8 Å². The van der Waals surface area contributed by atoms with Crippen LogP contribution in [0.3, 0.4) is 0 Å². The molecule has 2 aromatic rings. The Labute approximate surface area is 234 Å². The Balaban J connectivity index is 2.04. The van der Waals surface area contributed by atoms with Crippen molar-refractivity contribution >= 4 is 31.8 Å². The number of phosphoric ester groups is 1. The first kappa shape index (κ1) is 31.4. The summed E-state index contributed by atoms with van der Waals surface area (Å²) in [5.74, 6) is -2.38. The van der Waals surface area contributed by atoms with Gasteiger partial charge in [-0.05, 0) is 24.3 Å². The van der Waals surface area contributed by atoms with Gasteiger partial charge in [0.25, 0.3) is 0 Å². The lowest BCUT2D eigenvalue weighted by Crippen LogP contribution is -2.62. The van der Waals surface area contributed by atoms with Crippen molar-refractivity contribution in [3.05, 3.63) is 60.7 Å². The van der Waals surface area contributed by atoms with E-state index in [-0.39, 0.29) is 11.5 Å². The molecule has 1 aliphatic rings. The first-order valence-electron chi connectivity index (χ1n) is 12.0. The molecule has 41 heavy (non-hydrogen) atoms. The molecule has 222 valence electrons. The number of primary amides is 1. The molecule has 0 aliphatic carbocycles. The van der Waals surface area contributed by atoms with Gasteiger partial charge >= 0.3 is 31.8 Å². The molecule has 1 heterocycles. The number of rotatable bonds is 12. The fraction of sp³-hybridized carbons (Fsp3) is 0.360. The van der Waals surface area contributed by atoms with Gasteiger partial charge in [0.2, 0.25) is 6.29 Å². The number of para-hydroxylation sites is 2. The van der Waals surface area contributed by atoms with Crippen LogP contribution in [0.15, 0.2) is 60.7 Å². The van der Waals surface area contributed by atoms with Crippen molar-refractivity contribution in [2.75, 3.05) is 6.61 Å². The molecule has 1 saturated heterocycles. The van der Waals surface area contributed by atoms with E-state index in [4.69, 9.17) is 43.1 Å². The molecular weight excluding hydrogens is 569 g/mol. The maximum Gasteiger partial charge on any atom is 0.590 e. The Kier molecular flexibility index (Phi) is 11.1. The Bertz CT molecular complexity index is 1200. The second-order valence-electron chi connectivity index (χ2n) is 8.32. The summed E-state index contributed by atoms with van der Waals surface area (Å²) in [7, 11) is -4.70. The van der Waals surface area contributed by atoms with E-state index in [0.717, 1.165) is 20.8 Å². The van der Waals surface area contributed by atoms with Crippen molar-refractivity contribution < 1.29 is 66.0 Å². The van der Waals surface area contributed by atoms with Gasteiger partial charge in [0.15, 0.2) is 18.3 Å². The first-order chi connectivity index (χ1) is 19.5. The minimum absolute atomic E-state index is 0.0793. The third-order valence-corrected chi connectivity index (χ3v) is 6.38. The lowest BCUT2D eigenvalue weighted by molar-refractivity contribution is -0.363. The van der Waals surface area contributed by atoms with Gasteiger partial charge in [-0.3, -0.25) is 19.3 Å². The van der Waals surface area contributed by atoms with Gasteiger partial charge < -0.3 is 33.7 Å². The number of carbonyl (C=O) groups is 4. The molecule has 1 fully saturated rings. The predicted molar refractivity (Wildman–Crippen MR) is 135 cm³/mol.